The Morgan fingerprint density at radius 3 is 2.09 bits per heavy atom. The molecule has 4 rings (SSSR count). The molecule has 0 aliphatic rings. The Balaban J connectivity index is 1.80. The van der Waals surface area contributed by atoms with Gasteiger partial charge in [-0.25, -0.2) is 8.42 Å². The fourth-order valence-electron chi connectivity index (χ4n) is 4.91. The highest BCUT2D eigenvalue weighted by Gasteiger charge is 2.34. The number of anilines is 1. The Morgan fingerprint density at radius 1 is 0.822 bits per heavy atom. The minimum absolute atomic E-state index is 0.0209. The molecule has 1 N–H and O–H groups in total. The maximum absolute atomic E-state index is 14.4. The first-order valence-electron chi connectivity index (χ1n) is 14.3. The van der Waals surface area contributed by atoms with Crippen LogP contribution in [0.5, 0.6) is 11.5 Å². The molecule has 0 aromatic heterocycles. The number of para-hydroxylation sites is 1. The number of nitrogens with one attached hydrogen (secondary N) is 1. The van der Waals surface area contributed by atoms with Gasteiger partial charge in [0.2, 0.25) is 11.8 Å². The summed E-state index contributed by atoms with van der Waals surface area (Å²) in [5, 5.41) is 3.32. The highest BCUT2D eigenvalue weighted by atomic mass is 35.5. The van der Waals surface area contributed by atoms with Crippen LogP contribution in [0.4, 0.5) is 5.69 Å². The van der Waals surface area contributed by atoms with Gasteiger partial charge in [0.15, 0.2) is 11.5 Å². The first-order chi connectivity index (χ1) is 21.7. The lowest BCUT2D eigenvalue weighted by atomic mass is 10.0. The molecule has 0 radical (unpaired) electrons. The molecule has 0 unspecified atom stereocenters. The van der Waals surface area contributed by atoms with Crippen LogP contribution in [-0.2, 0) is 32.6 Å². The molecule has 9 nitrogen and oxygen atoms in total. The number of rotatable bonds is 14. The van der Waals surface area contributed by atoms with Gasteiger partial charge in [-0.15, -0.1) is 0 Å². The lowest BCUT2D eigenvalue weighted by Crippen LogP contribution is -2.53. The summed E-state index contributed by atoms with van der Waals surface area (Å²) in [6.45, 7) is 1.60. The smallest absolute Gasteiger partial charge is 0.264 e. The van der Waals surface area contributed by atoms with Crippen molar-refractivity contribution in [2.45, 2.75) is 30.8 Å². The number of amides is 2. The molecule has 236 valence electrons. The van der Waals surface area contributed by atoms with Crippen molar-refractivity contribution in [2.24, 2.45) is 0 Å². The van der Waals surface area contributed by atoms with Crippen LogP contribution in [0.2, 0.25) is 5.02 Å². The molecule has 0 aliphatic carbocycles. The molecule has 2 amide bonds. The van der Waals surface area contributed by atoms with Gasteiger partial charge in [-0.3, -0.25) is 13.9 Å². The first-order valence-corrected chi connectivity index (χ1v) is 16.1. The molecule has 0 fully saturated rings. The van der Waals surface area contributed by atoms with Crippen LogP contribution in [0, 0.1) is 0 Å². The van der Waals surface area contributed by atoms with Crippen molar-refractivity contribution in [2.75, 3.05) is 31.6 Å². The summed E-state index contributed by atoms with van der Waals surface area (Å²) in [7, 11) is -1.44. The average Bonchev–Trinajstić information content (AvgIpc) is 3.05. The SMILES string of the molecule is CCNC(=O)[C@@H](Cc1ccccc1)N(Cc1cccc(Cl)c1)C(=O)CN(c1ccccc1)S(=O)(=O)c1ccc(OC)c(OC)c1. The summed E-state index contributed by atoms with van der Waals surface area (Å²) in [6.07, 6.45) is 0.215. The number of nitrogens with zero attached hydrogens (tertiary/aromatic N) is 2. The topological polar surface area (TPSA) is 105 Å². The number of benzene rings is 4. The first kappa shape index (κ1) is 33.4. The van der Waals surface area contributed by atoms with E-state index in [0.717, 1.165) is 9.87 Å². The van der Waals surface area contributed by atoms with Crippen LogP contribution >= 0.6 is 11.6 Å². The highest BCUT2D eigenvalue weighted by Crippen LogP contribution is 2.32. The minimum Gasteiger partial charge on any atom is -0.493 e. The van der Waals surface area contributed by atoms with E-state index >= 15 is 0 Å². The Hall–Kier alpha value is -4.54. The Morgan fingerprint density at radius 2 is 1.47 bits per heavy atom. The van der Waals surface area contributed by atoms with E-state index in [1.807, 2.05) is 30.3 Å². The standard InChI is InChI=1S/C34H36ClN3O6S/c1-4-36-34(40)30(21-25-12-7-5-8-13-25)37(23-26-14-11-15-27(35)20-26)33(39)24-38(28-16-9-6-10-17-28)45(41,42)29-18-19-31(43-2)32(22-29)44-3/h5-20,22,30H,4,21,23-24H2,1-3H3,(H,36,40)/t30-/m1/s1. The maximum atomic E-state index is 14.4. The normalized spacial score (nSPS) is 11.7. The van der Waals surface area contributed by atoms with Gasteiger partial charge in [0.05, 0.1) is 24.8 Å². The fraction of sp³-hybridized carbons (Fsp3) is 0.235. The van der Waals surface area contributed by atoms with Crippen LogP contribution in [0.15, 0.2) is 108 Å². The third kappa shape index (κ3) is 8.34. The number of hydrogen-bond acceptors (Lipinski definition) is 6. The lowest BCUT2D eigenvalue weighted by Gasteiger charge is -2.34. The molecule has 4 aromatic carbocycles. The molecule has 1 atom stereocenters. The van der Waals surface area contributed by atoms with Gasteiger partial charge in [0, 0.05) is 30.6 Å². The molecule has 11 heteroatoms. The summed E-state index contributed by atoms with van der Waals surface area (Å²) >= 11 is 6.28. The number of carbonyl (C=O) groups is 2. The van der Waals surface area contributed by atoms with Gasteiger partial charge in [-0.05, 0) is 54.4 Å². The summed E-state index contributed by atoms with van der Waals surface area (Å²) < 4.78 is 40.1. The quantitative estimate of drug-likeness (QED) is 0.198. The number of methoxy groups -OCH3 is 2. The zero-order valence-electron chi connectivity index (χ0n) is 25.4. The van der Waals surface area contributed by atoms with Crippen LogP contribution < -0.4 is 19.1 Å². The van der Waals surface area contributed by atoms with Crippen molar-refractivity contribution in [3.05, 3.63) is 119 Å². The summed E-state index contributed by atoms with van der Waals surface area (Å²) in [5.74, 6) is -0.349. The van der Waals surface area contributed by atoms with Crippen molar-refractivity contribution in [1.29, 1.82) is 0 Å². The predicted molar refractivity (Wildman–Crippen MR) is 175 cm³/mol. The number of likely N-dealkylation sites (N-methyl/N-ethyl adjacent to an activating group) is 1. The van der Waals surface area contributed by atoms with E-state index in [2.05, 4.69) is 5.32 Å². The Bertz CT molecular complexity index is 1700. The van der Waals surface area contributed by atoms with E-state index in [9.17, 15) is 18.0 Å². The van der Waals surface area contributed by atoms with E-state index < -0.39 is 28.5 Å². The molecular weight excluding hydrogens is 614 g/mol. The summed E-state index contributed by atoms with van der Waals surface area (Å²) in [4.78, 5) is 29.3. The second-order valence-corrected chi connectivity index (χ2v) is 12.4. The Kier molecular flexibility index (Phi) is 11.5. The molecule has 0 saturated carbocycles. The predicted octanol–water partition coefficient (Wildman–Crippen LogP) is 5.33. The third-order valence-corrected chi connectivity index (χ3v) is 9.14. The number of hydrogen-bond donors (Lipinski definition) is 1. The monoisotopic (exact) mass is 649 g/mol. The van der Waals surface area contributed by atoms with Crippen LogP contribution in [-0.4, -0.2) is 58.5 Å². The molecule has 0 spiro atoms. The van der Waals surface area contributed by atoms with Gasteiger partial charge in [-0.2, -0.15) is 0 Å². The number of sulfonamides is 1. The van der Waals surface area contributed by atoms with Crippen LogP contribution in [0.3, 0.4) is 0 Å². The second kappa shape index (κ2) is 15.5. The van der Waals surface area contributed by atoms with E-state index in [4.69, 9.17) is 21.1 Å². The van der Waals surface area contributed by atoms with E-state index in [0.29, 0.717) is 22.9 Å². The molecule has 0 saturated heterocycles. The lowest BCUT2D eigenvalue weighted by molar-refractivity contribution is -0.140. The third-order valence-electron chi connectivity index (χ3n) is 7.13. The van der Waals surface area contributed by atoms with Gasteiger partial charge >= 0.3 is 0 Å². The van der Waals surface area contributed by atoms with Crippen LogP contribution in [0.1, 0.15) is 18.1 Å². The van der Waals surface area contributed by atoms with Crippen LogP contribution in [0.25, 0.3) is 0 Å². The van der Waals surface area contributed by atoms with Gasteiger partial charge in [-0.1, -0.05) is 72.3 Å². The van der Waals surface area contributed by atoms with Gasteiger partial charge in [0.25, 0.3) is 10.0 Å². The minimum atomic E-state index is -4.31. The number of ether oxygens (including phenoxy) is 2. The fourth-order valence-corrected chi connectivity index (χ4v) is 6.55. The van der Waals surface area contributed by atoms with Crippen molar-refractivity contribution in [3.8, 4) is 11.5 Å². The number of halogens is 1. The highest BCUT2D eigenvalue weighted by molar-refractivity contribution is 7.92. The molecule has 4 aromatic rings. The largest absolute Gasteiger partial charge is 0.493 e. The van der Waals surface area contributed by atoms with Gasteiger partial charge in [0.1, 0.15) is 12.6 Å². The zero-order valence-corrected chi connectivity index (χ0v) is 26.9. The number of carbonyl (C=O) groups excluding carboxylic acids is 2. The van der Waals surface area contributed by atoms with E-state index in [-0.39, 0.29) is 35.2 Å². The van der Waals surface area contributed by atoms with Crippen molar-refractivity contribution in [3.63, 3.8) is 0 Å². The Labute approximate surface area is 269 Å². The molecular formula is C34H36ClN3O6S. The maximum Gasteiger partial charge on any atom is 0.264 e. The van der Waals surface area contributed by atoms with Crippen molar-refractivity contribution in [1.82, 2.24) is 10.2 Å². The van der Waals surface area contributed by atoms with E-state index in [1.54, 1.807) is 61.5 Å². The summed E-state index contributed by atoms with van der Waals surface area (Å²) in [5.41, 5.74) is 1.81. The average molecular weight is 650 g/mol. The van der Waals surface area contributed by atoms with Crippen molar-refractivity contribution < 1.29 is 27.5 Å². The molecule has 45 heavy (non-hydrogen) atoms. The second-order valence-electron chi connectivity index (χ2n) is 10.1. The van der Waals surface area contributed by atoms with E-state index in [1.165, 1.54) is 37.3 Å². The summed E-state index contributed by atoms with van der Waals surface area (Å²) in [6, 6.07) is 28.0. The molecule has 0 heterocycles. The molecule has 0 bridgehead atoms. The van der Waals surface area contributed by atoms with Crippen molar-refractivity contribution >= 4 is 39.1 Å². The van der Waals surface area contributed by atoms with Gasteiger partial charge < -0.3 is 19.7 Å². The zero-order chi connectivity index (χ0) is 32.4. The molecule has 0 aliphatic heterocycles.